The standard InChI is InChI=1S/C14H26N4O3.ClH/c1-9(2)11(15)12(20)17-8-10(19)18-14(13(16)21)6-4-3-5-7-14;/h9,11H,3-8,15H2,1-2H3,(H2,16,21)(H,17,20)(H,18,19);1H/t11-;/m0./s1. The van der Waals surface area contributed by atoms with Crippen molar-refractivity contribution in [3.05, 3.63) is 0 Å². The number of nitrogens with one attached hydrogen (secondary N) is 2. The van der Waals surface area contributed by atoms with Gasteiger partial charge in [0.2, 0.25) is 17.7 Å². The molecule has 0 aromatic rings. The molecule has 0 bridgehead atoms. The van der Waals surface area contributed by atoms with Crippen LogP contribution in [0.4, 0.5) is 0 Å². The summed E-state index contributed by atoms with van der Waals surface area (Å²) < 4.78 is 0. The van der Waals surface area contributed by atoms with Crippen LogP contribution in [0, 0.1) is 5.92 Å². The van der Waals surface area contributed by atoms with Gasteiger partial charge in [-0.15, -0.1) is 12.4 Å². The third-order valence-corrected chi connectivity index (χ3v) is 4.00. The minimum absolute atomic E-state index is 0. The second-order valence-corrected chi connectivity index (χ2v) is 6.04. The molecule has 6 N–H and O–H groups in total. The molecule has 1 rings (SSSR count). The SMILES string of the molecule is CC(C)[C@H](N)C(=O)NCC(=O)NC1(C(N)=O)CCCCC1.Cl. The minimum Gasteiger partial charge on any atom is -0.368 e. The van der Waals surface area contributed by atoms with E-state index < -0.39 is 23.4 Å². The van der Waals surface area contributed by atoms with Crippen molar-refractivity contribution in [3.8, 4) is 0 Å². The Bertz CT molecular complexity index is 409. The molecular weight excluding hydrogens is 308 g/mol. The maximum Gasteiger partial charge on any atom is 0.243 e. The Morgan fingerprint density at radius 1 is 1.14 bits per heavy atom. The number of carbonyl (C=O) groups excluding carboxylic acids is 3. The van der Waals surface area contributed by atoms with Crippen molar-refractivity contribution in [1.82, 2.24) is 10.6 Å². The summed E-state index contributed by atoms with van der Waals surface area (Å²) in [6, 6.07) is -0.655. The van der Waals surface area contributed by atoms with Crippen LogP contribution < -0.4 is 22.1 Å². The molecule has 0 saturated heterocycles. The van der Waals surface area contributed by atoms with E-state index >= 15 is 0 Å². The number of hydrogen-bond donors (Lipinski definition) is 4. The second kappa shape index (κ2) is 8.95. The summed E-state index contributed by atoms with van der Waals surface area (Å²) in [6.07, 6.45) is 3.84. The van der Waals surface area contributed by atoms with Gasteiger partial charge in [-0.2, -0.15) is 0 Å². The summed E-state index contributed by atoms with van der Waals surface area (Å²) in [7, 11) is 0. The molecule has 0 heterocycles. The average molecular weight is 335 g/mol. The molecule has 0 aliphatic heterocycles. The molecule has 0 radical (unpaired) electrons. The van der Waals surface area contributed by atoms with E-state index in [1.807, 2.05) is 13.8 Å². The summed E-state index contributed by atoms with van der Waals surface area (Å²) in [6.45, 7) is 3.46. The fourth-order valence-electron chi connectivity index (χ4n) is 2.49. The van der Waals surface area contributed by atoms with Gasteiger partial charge in [0, 0.05) is 0 Å². The fraction of sp³-hybridized carbons (Fsp3) is 0.786. The van der Waals surface area contributed by atoms with Crippen LogP contribution in [0.3, 0.4) is 0 Å². The van der Waals surface area contributed by atoms with Crippen molar-refractivity contribution in [1.29, 1.82) is 0 Å². The summed E-state index contributed by atoms with van der Waals surface area (Å²) in [5, 5.41) is 5.17. The monoisotopic (exact) mass is 334 g/mol. The number of rotatable bonds is 6. The number of halogens is 1. The van der Waals surface area contributed by atoms with E-state index in [0.717, 1.165) is 19.3 Å². The van der Waals surface area contributed by atoms with Gasteiger partial charge < -0.3 is 22.1 Å². The Kier molecular flexibility index (Phi) is 8.40. The summed E-state index contributed by atoms with van der Waals surface area (Å²) in [4.78, 5) is 35.3. The van der Waals surface area contributed by atoms with E-state index in [9.17, 15) is 14.4 Å². The first-order valence-corrected chi connectivity index (χ1v) is 7.43. The van der Waals surface area contributed by atoms with Crippen LogP contribution in [-0.4, -0.2) is 35.8 Å². The third-order valence-electron chi connectivity index (χ3n) is 4.00. The van der Waals surface area contributed by atoms with Crippen molar-refractivity contribution >= 4 is 30.1 Å². The smallest absolute Gasteiger partial charge is 0.243 e. The van der Waals surface area contributed by atoms with E-state index in [1.54, 1.807) is 0 Å². The van der Waals surface area contributed by atoms with Gasteiger partial charge in [0.15, 0.2) is 0 Å². The zero-order valence-corrected chi connectivity index (χ0v) is 14.0. The third kappa shape index (κ3) is 5.46. The van der Waals surface area contributed by atoms with Crippen LogP contribution in [0.5, 0.6) is 0 Å². The van der Waals surface area contributed by atoms with Crippen LogP contribution in [0.2, 0.25) is 0 Å². The van der Waals surface area contributed by atoms with Crippen molar-refractivity contribution in [3.63, 3.8) is 0 Å². The molecular formula is C14H27ClN4O3. The highest BCUT2D eigenvalue weighted by atomic mass is 35.5. The molecule has 1 aliphatic rings. The highest BCUT2D eigenvalue weighted by Crippen LogP contribution is 2.27. The molecule has 3 amide bonds. The maximum atomic E-state index is 11.9. The summed E-state index contributed by atoms with van der Waals surface area (Å²) >= 11 is 0. The number of carbonyl (C=O) groups is 3. The molecule has 1 saturated carbocycles. The van der Waals surface area contributed by atoms with Crippen LogP contribution >= 0.6 is 12.4 Å². The number of amides is 3. The van der Waals surface area contributed by atoms with Gasteiger partial charge in [-0.05, 0) is 18.8 Å². The maximum absolute atomic E-state index is 11.9. The Hall–Kier alpha value is -1.34. The lowest BCUT2D eigenvalue weighted by Crippen LogP contribution is -2.60. The van der Waals surface area contributed by atoms with E-state index in [-0.39, 0.29) is 30.8 Å². The normalized spacial score (nSPS) is 18.0. The van der Waals surface area contributed by atoms with E-state index in [2.05, 4.69) is 10.6 Å². The molecule has 7 nitrogen and oxygen atoms in total. The predicted molar refractivity (Wildman–Crippen MR) is 86.2 cm³/mol. The van der Waals surface area contributed by atoms with Crippen molar-refractivity contribution in [2.45, 2.75) is 57.5 Å². The van der Waals surface area contributed by atoms with Crippen LogP contribution in [-0.2, 0) is 14.4 Å². The first kappa shape index (κ1) is 20.7. The summed E-state index contributed by atoms with van der Waals surface area (Å²) in [5.41, 5.74) is 10.1. The van der Waals surface area contributed by atoms with Gasteiger partial charge in [-0.1, -0.05) is 33.1 Å². The van der Waals surface area contributed by atoms with Crippen molar-refractivity contribution in [2.24, 2.45) is 17.4 Å². The lowest BCUT2D eigenvalue weighted by molar-refractivity contribution is -0.133. The van der Waals surface area contributed by atoms with Gasteiger partial charge in [0.25, 0.3) is 0 Å². The Morgan fingerprint density at radius 2 is 1.68 bits per heavy atom. The molecule has 128 valence electrons. The van der Waals surface area contributed by atoms with E-state index in [1.165, 1.54) is 0 Å². The molecule has 22 heavy (non-hydrogen) atoms. The Labute approximate surface area is 137 Å². The summed E-state index contributed by atoms with van der Waals surface area (Å²) in [5.74, 6) is -1.32. The highest BCUT2D eigenvalue weighted by Gasteiger charge is 2.39. The molecule has 1 fully saturated rings. The van der Waals surface area contributed by atoms with Crippen LogP contribution in [0.1, 0.15) is 46.0 Å². The van der Waals surface area contributed by atoms with Gasteiger partial charge in [-0.25, -0.2) is 0 Å². The van der Waals surface area contributed by atoms with Gasteiger partial charge in [0.1, 0.15) is 5.54 Å². The van der Waals surface area contributed by atoms with E-state index in [0.29, 0.717) is 12.8 Å². The van der Waals surface area contributed by atoms with Crippen molar-refractivity contribution < 1.29 is 14.4 Å². The zero-order valence-electron chi connectivity index (χ0n) is 13.2. The van der Waals surface area contributed by atoms with Gasteiger partial charge in [-0.3, -0.25) is 14.4 Å². The molecule has 0 unspecified atom stereocenters. The Balaban J connectivity index is 0.00000441. The molecule has 8 heteroatoms. The first-order valence-electron chi connectivity index (χ1n) is 7.43. The topological polar surface area (TPSA) is 127 Å². The zero-order chi connectivity index (χ0) is 16.0. The minimum atomic E-state index is -0.972. The number of primary amides is 1. The average Bonchev–Trinajstić information content (AvgIpc) is 2.44. The largest absolute Gasteiger partial charge is 0.368 e. The predicted octanol–water partition coefficient (Wildman–Crippen LogP) is -0.188. The number of nitrogens with two attached hydrogens (primary N) is 2. The fourth-order valence-corrected chi connectivity index (χ4v) is 2.49. The quantitative estimate of drug-likeness (QED) is 0.537. The highest BCUT2D eigenvalue weighted by molar-refractivity contribution is 5.93. The molecule has 1 aliphatic carbocycles. The van der Waals surface area contributed by atoms with Crippen molar-refractivity contribution in [2.75, 3.05) is 6.54 Å². The lowest BCUT2D eigenvalue weighted by atomic mass is 9.81. The Morgan fingerprint density at radius 3 is 2.14 bits per heavy atom. The van der Waals surface area contributed by atoms with Gasteiger partial charge >= 0.3 is 0 Å². The first-order chi connectivity index (χ1) is 9.78. The molecule has 0 aromatic heterocycles. The lowest BCUT2D eigenvalue weighted by Gasteiger charge is -2.35. The van der Waals surface area contributed by atoms with Crippen LogP contribution in [0.15, 0.2) is 0 Å². The van der Waals surface area contributed by atoms with Gasteiger partial charge in [0.05, 0.1) is 12.6 Å². The van der Waals surface area contributed by atoms with E-state index in [4.69, 9.17) is 11.5 Å². The molecule has 0 spiro atoms. The second-order valence-electron chi connectivity index (χ2n) is 6.04. The molecule has 1 atom stereocenters. The number of hydrogen-bond acceptors (Lipinski definition) is 4. The van der Waals surface area contributed by atoms with Crippen LogP contribution in [0.25, 0.3) is 0 Å². The molecule has 0 aromatic carbocycles.